The molecule has 0 aliphatic heterocycles. The quantitative estimate of drug-likeness (QED) is 0.575. The molecule has 2 aromatic heterocycles. The summed E-state index contributed by atoms with van der Waals surface area (Å²) in [5.74, 6) is -0.796. The fourth-order valence-corrected chi connectivity index (χ4v) is 3.04. The van der Waals surface area contributed by atoms with E-state index in [0.717, 1.165) is 29.3 Å². The van der Waals surface area contributed by atoms with E-state index in [4.69, 9.17) is 4.74 Å². The van der Waals surface area contributed by atoms with Crippen LogP contribution in [-0.2, 0) is 9.53 Å². The van der Waals surface area contributed by atoms with E-state index in [0.29, 0.717) is 15.7 Å². The second-order valence-corrected chi connectivity index (χ2v) is 6.83. The topological polar surface area (TPSA) is 127 Å². The number of aromatic nitrogens is 4. The fourth-order valence-electron chi connectivity index (χ4n) is 1.56. The summed E-state index contributed by atoms with van der Waals surface area (Å²) in [5.41, 5.74) is 0.101. The zero-order valence-corrected chi connectivity index (χ0v) is 14.8. The molecule has 2 aromatic rings. The lowest BCUT2D eigenvalue weighted by Gasteiger charge is -2.05. The molecule has 0 aliphatic carbocycles. The van der Waals surface area contributed by atoms with Crippen LogP contribution in [0.2, 0.25) is 0 Å². The van der Waals surface area contributed by atoms with Gasteiger partial charge in [0.2, 0.25) is 5.91 Å². The first-order chi connectivity index (χ1) is 11.3. The lowest BCUT2D eigenvalue weighted by molar-refractivity contribution is -0.113. The Balaban J connectivity index is 1.94. The lowest BCUT2D eigenvalue weighted by atomic mass is 10.4. The highest BCUT2D eigenvalue weighted by molar-refractivity contribution is 7.99. The molecular formula is C13H15N5O4S2. The van der Waals surface area contributed by atoms with Crippen molar-refractivity contribution >= 4 is 40.1 Å². The number of carbonyl (C=O) groups excluding carboxylic acids is 2. The van der Waals surface area contributed by atoms with Gasteiger partial charge in [0.05, 0.1) is 17.6 Å². The highest BCUT2D eigenvalue weighted by atomic mass is 32.2. The van der Waals surface area contributed by atoms with Gasteiger partial charge in [-0.25, -0.2) is 9.78 Å². The highest BCUT2D eigenvalue weighted by Gasteiger charge is 2.19. The summed E-state index contributed by atoms with van der Waals surface area (Å²) >= 11 is 2.08. The Morgan fingerprint density at radius 2 is 2.21 bits per heavy atom. The van der Waals surface area contributed by atoms with E-state index in [2.05, 4.69) is 25.5 Å². The number of nitrogens with one attached hydrogen (secondary N) is 2. The van der Waals surface area contributed by atoms with Gasteiger partial charge in [0, 0.05) is 0 Å². The number of carbonyl (C=O) groups is 2. The summed E-state index contributed by atoms with van der Waals surface area (Å²) in [6, 6.07) is 0. The van der Waals surface area contributed by atoms with Crippen molar-refractivity contribution in [2.75, 3.05) is 11.1 Å². The monoisotopic (exact) mass is 369 g/mol. The van der Waals surface area contributed by atoms with E-state index in [9.17, 15) is 14.4 Å². The Bertz CT molecular complexity index is 802. The van der Waals surface area contributed by atoms with Crippen LogP contribution in [0.1, 0.15) is 29.2 Å². The minimum Gasteiger partial charge on any atom is -0.459 e. The van der Waals surface area contributed by atoms with Crippen LogP contribution in [0.5, 0.6) is 0 Å². The van der Waals surface area contributed by atoms with Crippen molar-refractivity contribution in [3.8, 4) is 0 Å². The van der Waals surface area contributed by atoms with Gasteiger partial charge in [-0.1, -0.05) is 23.1 Å². The van der Waals surface area contributed by atoms with Gasteiger partial charge in [-0.2, -0.15) is 5.10 Å². The Labute approximate surface area is 145 Å². The number of ether oxygens (including phenoxy) is 1. The average Bonchev–Trinajstić information content (AvgIpc) is 2.85. The molecule has 11 heteroatoms. The molecular weight excluding hydrogens is 354 g/mol. The molecule has 2 heterocycles. The van der Waals surface area contributed by atoms with Crippen LogP contribution < -0.4 is 10.9 Å². The number of amides is 1. The molecule has 0 radical (unpaired) electrons. The van der Waals surface area contributed by atoms with Crippen LogP contribution in [0.15, 0.2) is 16.1 Å². The standard InChI is InChI=1S/C13H15N5O4S2/c1-6(2)22-11(21)10-7(3)15-12(24-10)17-9(20)5-23-13-16-8(19)4-14-18-13/h4,6H,5H2,1-3H3,(H,15,17,20)(H,16,18,19). The minimum atomic E-state index is -0.466. The average molecular weight is 369 g/mol. The maximum absolute atomic E-state index is 11.9. The molecule has 9 nitrogen and oxygen atoms in total. The number of H-pyrrole nitrogens is 1. The first kappa shape index (κ1) is 18.1. The van der Waals surface area contributed by atoms with Gasteiger partial charge in [0.25, 0.3) is 5.56 Å². The maximum atomic E-state index is 11.9. The summed E-state index contributed by atoms with van der Waals surface area (Å²) in [4.78, 5) is 41.8. The Kier molecular flexibility index (Phi) is 6.04. The second-order valence-electron chi connectivity index (χ2n) is 4.86. The van der Waals surface area contributed by atoms with E-state index in [1.807, 2.05) is 0 Å². The number of nitrogens with zero attached hydrogens (tertiary/aromatic N) is 3. The minimum absolute atomic E-state index is 0.0129. The van der Waals surface area contributed by atoms with Crippen molar-refractivity contribution in [2.45, 2.75) is 32.0 Å². The zero-order valence-electron chi connectivity index (χ0n) is 13.2. The lowest BCUT2D eigenvalue weighted by Crippen LogP contribution is -2.15. The summed E-state index contributed by atoms with van der Waals surface area (Å²) in [6.07, 6.45) is 0.808. The second kappa shape index (κ2) is 8.02. The first-order valence-electron chi connectivity index (χ1n) is 6.88. The SMILES string of the molecule is Cc1nc(NC(=O)CSc2nncc(=O)[nH]2)sc1C(=O)OC(C)C. The summed E-state index contributed by atoms with van der Waals surface area (Å²) in [7, 11) is 0. The number of anilines is 1. The molecule has 0 atom stereocenters. The van der Waals surface area contributed by atoms with Gasteiger partial charge in [-0.3, -0.25) is 14.6 Å². The van der Waals surface area contributed by atoms with Crippen molar-refractivity contribution in [1.29, 1.82) is 0 Å². The van der Waals surface area contributed by atoms with Crippen LogP contribution in [0.25, 0.3) is 0 Å². The molecule has 2 N–H and O–H groups in total. The fraction of sp³-hybridized carbons (Fsp3) is 0.385. The van der Waals surface area contributed by atoms with E-state index < -0.39 is 11.5 Å². The van der Waals surface area contributed by atoms with Gasteiger partial charge >= 0.3 is 5.97 Å². The predicted octanol–water partition coefficient (Wildman–Crippen LogP) is 1.23. The molecule has 2 rings (SSSR count). The molecule has 0 saturated heterocycles. The largest absolute Gasteiger partial charge is 0.459 e. The normalized spacial score (nSPS) is 10.7. The number of aromatic amines is 1. The molecule has 128 valence electrons. The number of thioether (sulfide) groups is 1. The van der Waals surface area contributed by atoms with E-state index in [-0.39, 0.29) is 22.9 Å². The van der Waals surface area contributed by atoms with E-state index >= 15 is 0 Å². The third-order valence-corrected chi connectivity index (χ3v) is 4.38. The maximum Gasteiger partial charge on any atom is 0.350 e. The Hall–Kier alpha value is -2.27. The number of esters is 1. The molecule has 0 bridgehead atoms. The molecule has 0 spiro atoms. The van der Waals surface area contributed by atoms with E-state index in [1.54, 1.807) is 20.8 Å². The van der Waals surface area contributed by atoms with Gasteiger partial charge in [-0.05, 0) is 20.8 Å². The van der Waals surface area contributed by atoms with Crippen LogP contribution in [-0.4, -0.2) is 43.9 Å². The summed E-state index contributed by atoms with van der Waals surface area (Å²) in [6.45, 7) is 5.18. The number of rotatable bonds is 6. The summed E-state index contributed by atoms with van der Waals surface area (Å²) in [5, 5.41) is 10.3. The molecule has 0 saturated carbocycles. The predicted molar refractivity (Wildman–Crippen MR) is 89.4 cm³/mol. The van der Waals surface area contributed by atoms with Gasteiger partial charge < -0.3 is 10.1 Å². The molecule has 24 heavy (non-hydrogen) atoms. The van der Waals surface area contributed by atoms with Crippen LogP contribution in [0.4, 0.5) is 5.13 Å². The first-order valence-corrected chi connectivity index (χ1v) is 8.68. The van der Waals surface area contributed by atoms with E-state index in [1.165, 1.54) is 0 Å². The van der Waals surface area contributed by atoms with Crippen molar-refractivity contribution in [3.05, 3.63) is 27.1 Å². The Morgan fingerprint density at radius 3 is 2.88 bits per heavy atom. The summed E-state index contributed by atoms with van der Waals surface area (Å²) < 4.78 is 5.12. The Morgan fingerprint density at radius 1 is 1.46 bits per heavy atom. The smallest absolute Gasteiger partial charge is 0.350 e. The molecule has 0 aliphatic rings. The van der Waals surface area contributed by atoms with Crippen molar-refractivity contribution in [3.63, 3.8) is 0 Å². The van der Waals surface area contributed by atoms with Gasteiger partial charge in [0.1, 0.15) is 11.1 Å². The number of thiazole rings is 1. The van der Waals surface area contributed by atoms with Crippen LogP contribution >= 0.6 is 23.1 Å². The number of hydrogen-bond donors (Lipinski definition) is 2. The number of aryl methyl sites for hydroxylation is 1. The van der Waals surface area contributed by atoms with Gasteiger partial charge in [-0.15, -0.1) is 5.10 Å². The molecule has 0 unspecified atom stereocenters. The molecule has 1 amide bonds. The molecule has 0 aromatic carbocycles. The van der Waals surface area contributed by atoms with Crippen LogP contribution in [0, 0.1) is 6.92 Å². The molecule has 0 fully saturated rings. The zero-order chi connectivity index (χ0) is 17.7. The van der Waals surface area contributed by atoms with Crippen molar-refractivity contribution < 1.29 is 14.3 Å². The third kappa shape index (κ3) is 5.13. The van der Waals surface area contributed by atoms with Crippen molar-refractivity contribution in [2.24, 2.45) is 0 Å². The van der Waals surface area contributed by atoms with Crippen molar-refractivity contribution in [1.82, 2.24) is 20.2 Å². The number of hydrogen-bond acceptors (Lipinski definition) is 9. The van der Waals surface area contributed by atoms with Gasteiger partial charge in [0.15, 0.2) is 10.3 Å². The third-order valence-electron chi connectivity index (χ3n) is 2.46. The van der Waals surface area contributed by atoms with Crippen LogP contribution in [0.3, 0.4) is 0 Å². The highest BCUT2D eigenvalue weighted by Crippen LogP contribution is 2.24.